The second-order valence-corrected chi connectivity index (χ2v) is 15.0. The van der Waals surface area contributed by atoms with Gasteiger partial charge in [0, 0.05) is 12.3 Å². The maximum Gasteiger partial charge on any atom is -0.0134 e. The van der Waals surface area contributed by atoms with Gasteiger partial charge in [-0.2, -0.15) is 0 Å². The smallest absolute Gasteiger partial charge is 0.0134 e. The molecule has 4 aromatic rings. The van der Waals surface area contributed by atoms with Crippen molar-refractivity contribution in [2.45, 2.75) is 110 Å². The topological polar surface area (TPSA) is 21.6 Å². The van der Waals surface area contributed by atoms with Crippen LogP contribution in [0.2, 0.25) is 0 Å². The van der Waals surface area contributed by atoms with Crippen LogP contribution < -0.4 is 20.7 Å². The van der Waals surface area contributed by atoms with E-state index in [0.717, 1.165) is 17.9 Å². The first-order valence-corrected chi connectivity index (χ1v) is 22.5. The summed E-state index contributed by atoms with van der Waals surface area (Å²) in [5.41, 5.74) is 1.01. The summed E-state index contributed by atoms with van der Waals surface area (Å²) in [6, 6.07) is 41.3. The molecule has 0 fully saturated rings. The minimum atomic E-state index is -0.446. The van der Waals surface area contributed by atoms with Gasteiger partial charge in [-0.1, -0.05) is 213 Å². The van der Waals surface area contributed by atoms with E-state index in [2.05, 4.69) is 143 Å². The fourth-order valence-corrected chi connectivity index (χ4v) is 8.15. The van der Waals surface area contributed by atoms with Gasteiger partial charge in [-0.15, -0.1) is 29.8 Å². The molecule has 0 unspecified atom stereocenters. The van der Waals surface area contributed by atoms with Crippen molar-refractivity contribution in [3.8, 4) is 5.75 Å². The van der Waals surface area contributed by atoms with E-state index in [9.17, 15) is 0 Å². The summed E-state index contributed by atoms with van der Waals surface area (Å²) in [5.74, 6) is 0.824. The Kier molecular flexibility index (Phi) is 28.1. The fourth-order valence-electron chi connectivity index (χ4n) is 5.84. The van der Waals surface area contributed by atoms with E-state index in [1.807, 2.05) is 24.4 Å². The minimum absolute atomic E-state index is 0.446. The fraction of sp³-hybridized carbons (Fsp3) is 0.413. The Morgan fingerprint density at radius 3 is 1.39 bits per heavy atom. The first-order chi connectivity index (χ1) is 25.3. The molecule has 0 heterocycles. The molecule has 0 saturated carbocycles. The summed E-state index contributed by atoms with van der Waals surface area (Å²) >= 11 is 2.22. The van der Waals surface area contributed by atoms with Crippen LogP contribution in [0.1, 0.15) is 115 Å². The summed E-state index contributed by atoms with van der Waals surface area (Å²) in [6.07, 6.45) is 26.1. The van der Waals surface area contributed by atoms with Gasteiger partial charge in [-0.05, 0) is 30.3 Å². The summed E-state index contributed by atoms with van der Waals surface area (Å²) in [4.78, 5) is 4.52. The Balaban J connectivity index is 0.000000365. The van der Waals surface area contributed by atoms with Crippen molar-refractivity contribution in [2.24, 2.45) is 4.99 Å². The van der Waals surface area contributed by atoms with Gasteiger partial charge in [-0.3, -0.25) is 0 Å². The minimum Gasteiger partial charge on any atom is -0.0622 e. The quantitative estimate of drug-likeness (QED) is 0.0172. The molecule has 0 aliphatic rings. The third-order valence-electron chi connectivity index (χ3n) is 8.59. The zero-order valence-electron chi connectivity index (χ0n) is 31.0. The molecule has 5 heteroatoms. The molecule has 51 heavy (non-hydrogen) atoms. The molecule has 0 aromatic heterocycles. The number of nitrogens with zero attached hydrogens (tertiary/aromatic N) is 1. The first-order valence-electron chi connectivity index (χ1n) is 19.1. The van der Waals surface area contributed by atoms with Gasteiger partial charge in [0.05, 0.1) is 6.61 Å². The van der Waals surface area contributed by atoms with Crippen LogP contribution in [0, 0.1) is 6.07 Å². The molecule has 0 radical (unpaired) electrons. The van der Waals surface area contributed by atoms with Crippen LogP contribution in [-0.4, -0.2) is 19.4 Å². The average Bonchev–Trinajstić information content (AvgIpc) is 3.19. The molecule has 0 amide bonds. The molecule has 278 valence electrons. The SMILES string of the molecule is C=CCOc1c[c-]c(C=NCCCCCCCCCCCCCCCCCC)cc1.[Cl][Pd+].c1ccc(P(c2ccccc2)c2ccccc2)cc1. The van der Waals surface area contributed by atoms with E-state index < -0.39 is 7.92 Å². The van der Waals surface area contributed by atoms with Crippen LogP contribution >= 0.6 is 17.5 Å². The molecule has 0 aliphatic heterocycles. The molecular formula is C46H61ClNOPPd. The maximum absolute atomic E-state index is 5.46. The van der Waals surface area contributed by atoms with Gasteiger partial charge in [0.15, 0.2) is 0 Å². The summed E-state index contributed by atoms with van der Waals surface area (Å²) in [5, 5.41) is 4.19. The van der Waals surface area contributed by atoms with E-state index in [4.69, 9.17) is 4.74 Å². The van der Waals surface area contributed by atoms with Crippen LogP contribution in [0.25, 0.3) is 0 Å². The molecule has 0 atom stereocenters. The van der Waals surface area contributed by atoms with E-state index in [1.54, 1.807) is 6.08 Å². The van der Waals surface area contributed by atoms with Crippen LogP contribution in [0.4, 0.5) is 0 Å². The van der Waals surface area contributed by atoms with E-state index in [1.165, 1.54) is 119 Å². The van der Waals surface area contributed by atoms with Crippen molar-refractivity contribution in [3.63, 3.8) is 0 Å². The molecule has 4 aromatic carbocycles. The van der Waals surface area contributed by atoms with E-state index >= 15 is 0 Å². The molecule has 0 saturated heterocycles. The third kappa shape index (κ3) is 21.6. The number of halogens is 1. The number of rotatable bonds is 24. The molecule has 0 bridgehead atoms. The molecule has 0 spiro atoms. The van der Waals surface area contributed by atoms with Gasteiger partial charge < -0.3 is 9.73 Å². The zero-order chi connectivity index (χ0) is 36.5. The number of aliphatic imine (C=N–C) groups is 1. The Morgan fingerprint density at radius 2 is 1.02 bits per heavy atom. The van der Waals surface area contributed by atoms with Gasteiger partial charge in [0.1, 0.15) is 0 Å². The normalized spacial score (nSPS) is 10.7. The van der Waals surface area contributed by atoms with Crippen molar-refractivity contribution in [1.82, 2.24) is 0 Å². The van der Waals surface area contributed by atoms with Crippen LogP contribution in [0.3, 0.4) is 0 Å². The third-order valence-corrected chi connectivity index (χ3v) is 11.0. The predicted molar refractivity (Wildman–Crippen MR) is 224 cm³/mol. The largest absolute Gasteiger partial charge is 0.0622 e. The van der Waals surface area contributed by atoms with E-state index in [0.29, 0.717) is 6.61 Å². The summed E-state index contributed by atoms with van der Waals surface area (Å²) < 4.78 is 5.46. The average molecular weight is 817 g/mol. The van der Waals surface area contributed by atoms with Crippen LogP contribution in [-0.2, 0) is 18.2 Å². The van der Waals surface area contributed by atoms with E-state index in [-0.39, 0.29) is 0 Å². The monoisotopic (exact) mass is 815 g/mol. The van der Waals surface area contributed by atoms with Crippen molar-refractivity contribution in [3.05, 3.63) is 133 Å². The summed E-state index contributed by atoms with van der Waals surface area (Å²) in [6.45, 7) is 7.38. The number of benzene rings is 4. The van der Waals surface area contributed by atoms with Crippen LogP contribution in [0.5, 0.6) is 5.75 Å². The van der Waals surface area contributed by atoms with Gasteiger partial charge in [0.2, 0.25) is 0 Å². The van der Waals surface area contributed by atoms with Crippen LogP contribution in [0.15, 0.2) is 127 Å². The number of hydrogen-bond acceptors (Lipinski definition) is 2. The Hall–Kier alpha value is -2.53. The predicted octanol–water partition coefficient (Wildman–Crippen LogP) is 12.9. The van der Waals surface area contributed by atoms with Gasteiger partial charge >= 0.3 is 27.7 Å². The molecule has 4 rings (SSSR count). The molecule has 0 aliphatic carbocycles. The van der Waals surface area contributed by atoms with Gasteiger partial charge in [0.25, 0.3) is 0 Å². The Bertz CT molecular complexity index is 1280. The Labute approximate surface area is 327 Å². The second-order valence-electron chi connectivity index (χ2n) is 12.8. The van der Waals surface area contributed by atoms with Gasteiger partial charge in [-0.25, -0.2) is 0 Å². The van der Waals surface area contributed by atoms with Crippen molar-refractivity contribution in [1.29, 1.82) is 0 Å². The number of unbranched alkanes of at least 4 members (excludes halogenated alkanes) is 15. The molecular weight excluding hydrogens is 755 g/mol. The molecule has 2 nitrogen and oxygen atoms in total. The second kappa shape index (κ2) is 32.1. The van der Waals surface area contributed by atoms with Crippen molar-refractivity contribution in [2.75, 3.05) is 13.2 Å². The Morgan fingerprint density at radius 1 is 0.608 bits per heavy atom. The zero-order valence-corrected chi connectivity index (χ0v) is 34.2. The van der Waals surface area contributed by atoms with Crippen molar-refractivity contribution < 1.29 is 22.9 Å². The number of hydrogen-bond donors (Lipinski definition) is 0. The number of ether oxygens (including phenoxy) is 1. The molecule has 0 N–H and O–H groups in total. The maximum atomic E-state index is 5.46. The summed E-state index contributed by atoms with van der Waals surface area (Å²) in [7, 11) is 4.04. The van der Waals surface area contributed by atoms with Crippen molar-refractivity contribution >= 4 is 39.6 Å². The first kappa shape index (κ1) is 44.6. The standard InChI is InChI=1S/C28H46NO.C18H15P.ClH.Pd/c1-3-5-6-7-8-9-10-11-12-13-14-15-16-17-18-19-24-29-26-27-20-22-28(23-21-27)30-25-4-2;1-4-10-16(11-5-1)19(17-12-6-2-7-13-17)18-14-8-3-9-15-18;;/h4,20,22-23,26H,2-3,5-19,24-25H2,1H3;1-15H;1H;/q-1;;;+2/p-1.